The number of aromatic nitrogens is 4. The first kappa shape index (κ1) is 33.5. The summed E-state index contributed by atoms with van der Waals surface area (Å²) in [7, 11) is 1.62. The molecule has 258 valence electrons. The number of amides is 3. The molecule has 1 saturated carbocycles. The van der Waals surface area contributed by atoms with E-state index < -0.39 is 5.41 Å². The predicted molar refractivity (Wildman–Crippen MR) is 180 cm³/mol. The lowest BCUT2D eigenvalue weighted by Gasteiger charge is -2.29. The van der Waals surface area contributed by atoms with Crippen LogP contribution in [0.1, 0.15) is 64.2 Å². The van der Waals surface area contributed by atoms with Gasteiger partial charge in [0, 0.05) is 89.0 Å². The third-order valence-electron chi connectivity index (χ3n) is 9.92. The Kier molecular flexibility index (Phi) is 11.0. The Hall–Kier alpha value is -4.35. The zero-order chi connectivity index (χ0) is 33.3. The van der Waals surface area contributed by atoms with E-state index in [1.54, 1.807) is 19.5 Å². The molecule has 48 heavy (non-hydrogen) atoms. The number of rotatable bonds is 7. The fourth-order valence-corrected chi connectivity index (χ4v) is 6.92. The SMILES string of the molecule is COc1ccc2cc1OCCCN(C(=O)CCN1CCCCCC1=O)CCCCN(C(=O)C1(Cn3cccn3)CC1)CCn1ccnc1-2. The molecule has 1 aliphatic carbocycles. The van der Waals surface area contributed by atoms with Crippen molar-refractivity contribution in [2.45, 2.75) is 77.3 Å². The summed E-state index contributed by atoms with van der Waals surface area (Å²) in [5.74, 6) is 2.44. The van der Waals surface area contributed by atoms with Crippen LogP contribution in [0.5, 0.6) is 11.5 Å². The van der Waals surface area contributed by atoms with Gasteiger partial charge >= 0.3 is 0 Å². The zero-order valence-corrected chi connectivity index (χ0v) is 28.2. The lowest BCUT2D eigenvalue weighted by molar-refractivity contribution is -0.138. The maximum Gasteiger partial charge on any atom is 0.230 e. The van der Waals surface area contributed by atoms with E-state index in [1.807, 2.05) is 56.0 Å². The van der Waals surface area contributed by atoms with Gasteiger partial charge in [-0.15, -0.1) is 0 Å². The van der Waals surface area contributed by atoms with E-state index in [0.717, 1.165) is 62.9 Å². The maximum absolute atomic E-state index is 14.1. The van der Waals surface area contributed by atoms with Crippen LogP contribution in [0, 0.1) is 5.41 Å². The molecule has 1 aromatic carbocycles. The number of imidazole rings is 1. The molecule has 3 amide bonds. The van der Waals surface area contributed by atoms with E-state index in [2.05, 4.69) is 14.6 Å². The van der Waals surface area contributed by atoms with Crippen LogP contribution in [0.2, 0.25) is 0 Å². The molecule has 2 aromatic heterocycles. The van der Waals surface area contributed by atoms with Crippen molar-refractivity contribution in [3.05, 3.63) is 49.1 Å². The number of nitrogens with zero attached hydrogens (tertiary/aromatic N) is 7. The highest BCUT2D eigenvalue weighted by molar-refractivity contribution is 5.85. The summed E-state index contributed by atoms with van der Waals surface area (Å²) in [4.78, 5) is 50.7. The first-order valence-electron chi connectivity index (χ1n) is 17.6. The summed E-state index contributed by atoms with van der Waals surface area (Å²) in [6, 6.07) is 7.70. The normalized spacial score (nSPS) is 19.1. The van der Waals surface area contributed by atoms with Crippen molar-refractivity contribution in [1.82, 2.24) is 34.0 Å². The Balaban J connectivity index is 1.19. The largest absolute Gasteiger partial charge is 0.493 e. The van der Waals surface area contributed by atoms with E-state index >= 15 is 0 Å². The van der Waals surface area contributed by atoms with Crippen molar-refractivity contribution in [3.63, 3.8) is 0 Å². The molecule has 0 N–H and O–H groups in total. The van der Waals surface area contributed by atoms with Crippen molar-refractivity contribution in [3.8, 4) is 22.9 Å². The Morgan fingerprint density at radius 3 is 2.52 bits per heavy atom. The van der Waals surface area contributed by atoms with Crippen LogP contribution in [0.4, 0.5) is 0 Å². The Labute approximate surface area is 283 Å². The highest BCUT2D eigenvalue weighted by Crippen LogP contribution is 2.48. The molecule has 1 saturated heterocycles. The van der Waals surface area contributed by atoms with Crippen LogP contribution in [0.25, 0.3) is 11.4 Å². The molecular weight excluding hydrogens is 610 g/mol. The Bertz CT molecular complexity index is 1530. The highest BCUT2D eigenvalue weighted by atomic mass is 16.5. The first-order valence-corrected chi connectivity index (χ1v) is 17.6. The van der Waals surface area contributed by atoms with Gasteiger partial charge in [-0.3, -0.25) is 19.1 Å². The van der Waals surface area contributed by atoms with Gasteiger partial charge in [0.25, 0.3) is 0 Å². The monoisotopic (exact) mass is 659 g/mol. The second kappa shape index (κ2) is 15.7. The summed E-state index contributed by atoms with van der Waals surface area (Å²) in [5.41, 5.74) is 0.479. The van der Waals surface area contributed by atoms with Crippen LogP contribution >= 0.6 is 0 Å². The average molecular weight is 660 g/mol. The van der Waals surface area contributed by atoms with E-state index in [0.29, 0.717) is 83.2 Å². The van der Waals surface area contributed by atoms with E-state index in [9.17, 15) is 14.4 Å². The molecule has 6 rings (SSSR count). The molecule has 2 aliphatic heterocycles. The number of fused-ring (bicyclic) bond motifs is 4. The van der Waals surface area contributed by atoms with Crippen LogP contribution < -0.4 is 9.47 Å². The lowest BCUT2D eigenvalue weighted by atomic mass is 10.0. The van der Waals surface area contributed by atoms with E-state index in [1.165, 1.54) is 0 Å². The van der Waals surface area contributed by atoms with Gasteiger partial charge in [0.1, 0.15) is 5.82 Å². The van der Waals surface area contributed by atoms with Crippen molar-refractivity contribution in [1.29, 1.82) is 0 Å². The third-order valence-corrected chi connectivity index (χ3v) is 9.92. The molecule has 12 nitrogen and oxygen atoms in total. The molecule has 0 spiro atoms. The molecule has 0 unspecified atom stereocenters. The fraction of sp³-hybridized carbons (Fsp3) is 0.583. The van der Waals surface area contributed by atoms with Gasteiger partial charge in [0.15, 0.2) is 11.5 Å². The minimum Gasteiger partial charge on any atom is -0.493 e. The molecule has 3 aromatic rings. The molecule has 0 radical (unpaired) electrons. The van der Waals surface area contributed by atoms with Crippen LogP contribution in [-0.2, 0) is 27.5 Å². The molecular formula is C36H49N7O5. The van der Waals surface area contributed by atoms with Crippen molar-refractivity contribution in [2.75, 3.05) is 53.0 Å². The Morgan fingerprint density at radius 2 is 1.73 bits per heavy atom. The van der Waals surface area contributed by atoms with Crippen molar-refractivity contribution in [2.24, 2.45) is 5.41 Å². The minimum atomic E-state index is -0.419. The number of likely N-dealkylation sites (tertiary alicyclic amines) is 1. The first-order chi connectivity index (χ1) is 23.5. The summed E-state index contributed by atoms with van der Waals surface area (Å²) in [5, 5.41) is 4.38. The number of carbonyl (C=O) groups excluding carboxylic acids is 3. The number of hydrogen-bond acceptors (Lipinski definition) is 7. The maximum atomic E-state index is 14.1. The van der Waals surface area contributed by atoms with Crippen molar-refractivity contribution < 1.29 is 23.9 Å². The van der Waals surface area contributed by atoms with E-state index in [4.69, 9.17) is 9.47 Å². The topological polar surface area (TPSA) is 115 Å². The summed E-state index contributed by atoms with van der Waals surface area (Å²) in [6.07, 6.45) is 15.2. The number of benzene rings is 1. The third kappa shape index (κ3) is 8.19. The summed E-state index contributed by atoms with van der Waals surface area (Å²) >= 11 is 0. The number of methoxy groups -OCH3 is 1. The van der Waals surface area contributed by atoms with Crippen LogP contribution in [-0.4, -0.2) is 105 Å². The molecule has 0 atom stereocenters. The second-order valence-corrected chi connectivity index (χ2v) is 13.3. The molecule has 3 aliphatic rings. The minimum absolute atomic E-state index is 0.0547. The number of carbonyl (C=O) groups is 3. The van der Waals surface area contributed by atoms with Crippen LogP contribution in [0.3, 0.4) is 0 Å². The van der Waals surface area contributed by atoms with Crippen molar-refractivity contribution >= 4 is 17.7 Å². The summed E-state index contributed by atoms with van der Waals surface area (Å²) in [6.45, 7) is 5.11. The predicted octanol–water partition coefficient (Wildman–Crippen LogP) is 4.25. The standard InChI is InChI=1S/C36H49N7O5/c1-47-30-11-10-29-27-31(30)48-26-8-20-39(33(45)12-22-40-17-4-2-3-9-32(40)44)18-5-6-19-42(25-24-41-23-16-37-34(29)41)35(46)36(13-14-36)28-43-21-7-15-38-43/h7,10-11,15-16,21,23,27H,2-6,8-9,12-14,17-20,22,24-26,28H2,1H3. The average Bonchev–Trinajstić information content (AvgIpc) is 3.50. The van der Waals surface area contributed by atoms with Gasteiger partial charge in [-0.05, 0) is 69.2 Å². The molecule has 12 heteroatoms. The van der Waals surface area contributed by atoms with E-state index in [-0.39, 0.29) is 17.7 Å². The highest BCUT2D eigenvalue weighted by Gasteiger charge is 2.52. The van der Waals surface area contributed by atoms with Gasteiger partial charge < -0.3 is 28.7 Å². The molecule has 4 heterocycles. The van der Waals surface area contributed by atoms with Gasteiger partial charge in [-0.1, -0.05) is 6.42 Å². The number of hydrogen-bond donors (Lipinski definition) is 0. The zero-order valence-electron chi connectivity index (χ0n) is 28.2. The molecule has 2 bridgehead atoms. The van der Waals surface area contributed by atoms with Crippen LogP contribution in [0.15, 0.2) is 49.1 Å². The van der Waals surface area contributed by atoms with Gasteiger partial charge in [-0.25, -0.2) is 4.98 Å². The lowest BCUT2D eigenvalue weighted by Crippen LogP contribution is -2.42. The van der Waals surface area contributed by atoms with Gasteiger partial charge in [0.2, 0.25) is 17.7 Å². The smallest absolute Gasteiger partial charge is 0.230 e. The Morgan fingerprint density at radius 1 is 0.917 bits per heavy atom. The van der Waals surface area contributed by atoms with Gasteiger partial charge in [0.05, 0.1) is 25.7 Å². The fourth-order valence-electron chi connectivity index (χ4n) is 6.92. The summed E-state index contributed by atoms with van der Waals surface area (Å²) < 4.78 is 15.8. The quantitative estimate of drug-likeness (QED) is 0.373. The second-order valence-electron chi connectivity index (χ2n) is 13.3. The number of ether oxygens (including phenoxy) is 2. The van der Waals surface area contributed by atoms with Gasteiger partial charge in [-0.2, -0.15) is 5.10 Å². The molecule has 2 fully saturated rings.